The first-order chi connectivity index (χ1) is 9.91. The summed E-state index contributed by atoms with van der Waals surface area (Å²) in [4.78, 5) is 12.1. The molecular formula is C14H20N2O4S. The van der Waals surface area contributed by atoms with E-state index in [1.807, 2.05) is 6.92 Å². The molecule has 0 radical (unpaired) electrons. The van der Waals surface area contributed by atoms with E-state index in [1.54, 1.807) is 18.2 Å². The topological polar surface area (TPSA) is 98.5 Å². The van der Waals surface area contributed by atoms with Gasteiger partial charge in [-0.15, -0.1) is 0 Å². The van der Waals surface area contributed by atoms with E-state index in [1.165, 1.54) is 0 Å². The smallest absolute Gasteiger partial charge is 0.251 e. The van der Waals surface area contributed by atoms with Crippen LogP contribution in [0.1, 0.15) is 30.1 Å². The Balaban J connectivity index is 1.99. The van der Waals surface area contributed by atoms with Gasteiger partial charge in [-0.05, 0) is 38.0 Å². The second-order valence-electron chi connectivity index (χ2n) is 5.09. The summed E-state index contributed by atoms with van der Waals surface area (Å²) in [7, 11) is -2.92. The molecule has 0 aromatic heterocycles. The van der Waals surface area contributed by atoms with Crippen LogP contribution in [0.5, 0.6) is 5.75 Å². The van der Waals surface area contributed by atoms with Crippen LogP contribution in [0.25, 0.3) is 0 Å². The number of hydrogen-bond donors (Lipinski definition) is 2. The lowest BCUT2D eigenvalue weighted by Gasteiger charge is -2.23. The van der Waals surface area contributed by atoms with E-state index in [9.17, 15) is 13.2 Å². The number of hydrogen-bond acceptors (Lipinski definition) is 5. The molecule has 21 heavy (non-hydrogen) atoms. The molecule has 0 unspecified atom stereocenters. The minimum atomic E-state index is -2.92. The van der Waals surface area contributed by atoms with Crippen molar-refractivity contribution in [1.82, 2.24) is 5.32 Å². The zero-order chi connectivity index (χ0) is 15.5. The molecule has 2 rings (SSSR count). The molecule has 116 valence electrons. The highest BCUT2D eigenvalue weighted by atomic mass is 32.2. The van der Waals surface area contributed by atoms with Crippen LogP contribution in [0.4, 0.5) is 5.69 Å². The zero-order valence-electron chi connectivity index (χ0n) is 12.0. The molecule has 0 atom stereocenters. The molecule has 1 saturated heterocycles. The van der Waals surface area contributed by atoms with E-state index < -0.39 is 9.84 Å². The maximum atomic E-state index is 12.1. The Labute approximate surface area is 124 Å². The number of carbonyl (C=O) groups excluding carboxylic acids is 1. The van der Waals surface area contributed by atoms with Crippen molar-refractivity contribution in [3.05, 3.63) is 23.8 Å². The highest BCUT2D eigenvalue weighted by Crippen LogP contribution is 2.22. The first kappa shape index (κ1) is 15.6. The second-order valence-corrected chi connectivity index (χ2v) is 7.39. The van der Waals surface area contributed by atoms with Crippen molar-refractivity contribution in [3.63, 3.8) is 0 Å². The fraction of sp³-hybridized carbons (Fsp3) is 0.500. The lowest BCUT2D eigenvalue weighted by Crippen LogP contribution is -2.40. The van der Waals surface area contributed by atoms with E-state index in [0.29, 0.717) is 36.4 Å². The zero-order valence-corrected chi connectivity index (χ0v) is 12.8. The largest absolute Gasteiger partial charge is 0.492 e. The van der Waals surface area contributed by atoms with Crippen LogP contribution in [-0.4, -0.2) is 38.5 Å². The number of ether oxygens (including phenoxy) is 1. The van der Waals surface area contributed by atoms with Gasteiger partial charge in [0.25, 0.3) is 5.91 Å². The third kappa shape index (κ3) is 4.10. The minimum Gasteiger partial charge on any atom is -0.492 e. The van der Waals surface area contributed by atoms with Gasteiger partial charge in [-0.3, -0.25) is 4.79 Å². The summed E-state index contributed by atoms with van der Waals surface area (Å²) in [6, 6.07) is 4.78. The number of sulfone groups is 1. The SMILES string of the molecule is CCOc1ccc(C(=O)NC2CCS(=O)(=O)CC2)cc1N. The fourth-order valence-electron chi connectivity index (χ4n) is 2.28. The molecule has 1 aliphatic rings. The fourth-order valence-corrected chi connectivity index (χ4v) is 3.77. The normalized spacial score (nSPS) is 18.1. The molecule has 3 N–H and O–H groups in total. The summed E-state index contributed by atoms with van der Waals surface area (Å²) in [5.74, 6) is 0.569. The van der Waals surface area contributed by atoms with Crippen molar-refractivity contribution in [2.45, 2.75) is 25.8 Å². The van der Waals surface area contributed by atoms with Crippen LogP contribution in [0.2, 0.25) is 0 Å². The van der Waals surface area contributed by atoms with Crippen molar-refractivity contribution < 1.29 is 17.9 Å². The molecule has 0 aliphatic carbocycles. The molecule has 1 aliphatic heterocycles. The molecule has 1 heterocycles. The van der Waals surface area contributed by atoms with Crippen molar-refractivity contribution in [2.75, 3.05) is 23.8 Å². The van der Waals surface area contributed by atoms with Gasteiger partial charge in [0, 0.05) is 11.6 Å². The number of nitrogen functional groups attached to an aromatic ring is 1. The third-order valence-electron chi connectivity index (χ3n) is 3.46. The standard InChI is InChI=1S/C14H20N2O4S/c1-2-20-13-4-3-10(9-12(13)15)14(17)16-11-5-7-21(18,19)8-6-11/h3-4,9,11H,2,5-8,15H2,1H3,(H,16,17). The molecule has 1 aromatic carbocycles. The summed E-state index contributed by atoms with van der Waals surface area (Å²) in [5, 5.41) is 2.85. The van der Waals surface area contributed by atoms with E-state index >= 15 is 0 Å². The van der Waals surface area contributed by atoms with E-state index in [4.69, 9.17) is 10.5 Å². The van der Waals surface area contributed by atoms with Crippen molar-refractivity contribution in [1.29, 1.82) is 0 Å². The Morgan fingerprint density at radius 2 is 2.05 bits per heavy atom. The van der Waals surface area contributed by atoms with Gasteiger partial charge in [-0.1, -0.05) is 0 Å². The first-order valence-corrected chi connectivity index (χ1v) is 8.77. The van der Waals surface area contributed by atoms with Gasteiger partial charge < -0.3 is 15.8 Å². The van der Waals surface area contributed by atoms with Crippen LogP contribution in [-0.2, 0) is 9.84 Å². The van der Waals surface area contributed by atoms with Crippen molar-refractivity contribution in [3.8, 4) is 5.75 Å². The van der Waals surface area contributed by atoms with Crippen LogP contribution in [0.15, 0.2) is 18.2 Å². The predicted octanol–water partition coefficient (Wildman–Crippen LogP) is 0.974. The number of rotatable bonds is 4. The van der Waals surface area contributed by atoms with E-state index in [2.05, 4.69) is 5.32 Å². The first-order valence-electron chi connectivity index (χ1n) is 6.95. The van der Waals surface area contributed by atoms with E-state index in [0.717, 1.165) is 0 Å². The number of nitrogens with one attached hydrogen (secondary N) is 1. The molecule has 0 saturated carbocycles. The van der Waals surface area contributed by atoms with Crippen LogP contribution in [0.3, 0.4) is 0 Å². The van der Waals surface area contributed by atoms with Gasteiger partial charge >= 0.3 is 0 Å². The Morgan fingerprint density at radius 1 is 1.38 bits per heavy atom. The van der Waals surface area contributed by atoms with Crippen molar-refractivity contribution >= 4 is 21.4 Å². The molecule has 7 heteroatoms. The number of benzene rings is 1. The van der Waals surface area contributed by atoms with Gasteiger partial charge in [-0.25, -0.2) is 8.42 Å². The average Bonchev–Trinajstić information content (AvgIpc) is 2.43. The Bertz CT molecular complexity index is 614. The molecule has 1 amide bonds. The highest BCUT2D eigenvalue weighted by molar-refractivity contribution is 7.91. The average molecular weight is 312 g/mol. The van der Waals surface area contributed by atoms with Crippen LogP contribution < -0.4 is 15.8 Å². The van der Waals surface area contributed by atoms with Gasteiger partial charge in [0.1, 0.15) is 15.6 Å². The molecule has 6 nitrogen and oxygen atoms in total. The number of anilines is 1. The lowest BCUT2D eigenvalue weighted by molar-refractivity contribution is 0.0934. The highest BCUT2D eigenvalue weighted by Gasteiger charge is 2.25. The maximum absolute atomic E-state index is 12.1. The predicted molar refractivity (Wildman–Crippen MR) is 81.2 cm³/mol. The summed E-state index contributed by atoms with van der Waals surface area (Å²) in [5.41, 5.74) is 6.69. The molecule has 0 bridgehead atoms. The Hall–Kier alpha value is -1.76. The minimum absolute atomic E-state index is 0.103. The monoisotopic (exact) mass is 312 g/mol. The van der Waals surface area contributed by atoms with E-state index in [-0.39, 0.29) is 23.5 Å². The van der Waals surface area contributed by atoms with Gasteiger partial charge in [0.05, 0.1) is 23.8 Å². The number of nitrogens with two attached hydrogens (primary N) is 1. The number of carbonyl (C=O) groups is 1. The molecule has 1 aromatic rings. The van der Waals surface area contributed by atoms with Crippen LogP contribution >= 0.6 is 0 Å². The van der Waals surface area contributed by atoms with Gasteiger partial charge in [0.15, 0.2) is 0 Å². The summed E-state index contributed by atoms with van der Waals surface area (Å²) in [6.07, 6.45) is 0.918. The Kier molecular flexibility index (Phi) is 4.72. The lowest BCUT2D eigenvalue weighted by atomic mass is 10.1. The summed E-state index contributed by atoms with van der Waals surface area (Å²) >= 11 is 0. The number of amides is 1. The quantitative estimate of drug-likeness (QED) is 0.807. The molecule has 0 spiro atoms. The van der Waals surface area contributed by atoms with Gasteiger partial charge in [-0.2, -0.15) is 0 Å². The summed E-state index contributed by atoms with van der Waals surface area (Å²) in [6.45, 7) is 2.36. The molecule has 1 fully saturated rings. The second kappa shape index (κ2) is 6.34. The summed E-state index contributed by atoms with van der Waals surface area (Å²) < 4.78 is 28.0. The Morgan fingerprint density at radius 3 is 2.62 bits per heavy atom. The van der Waals surface area contributed by atoms with Crippen molar-refractivity contribution in [2.24, 2.45) is 0 Å². The van der Waals surface area contributed by atoms with Gasteiger partial charge in [0.2, 0.25) is 0 Å². The maximum Gasteiger partial charge on any atom is 0.251 e. The van der Waals surface area contributed by atoms with Crippen LogP contribution in [0, 0.1) is 0 Å². The molecular weight excluding hydrogens is 292 g/mol. The third-order valence-corrected chi connectivity index (χ3v) is 5.18.